The van der Waals surface area contributed by atoms with Gasteiger partial charge >= 0.3 is 0 Å². The Hall–Kier alpha value is -0.810. The molecule has 20 heavy (non-hydrogen) atoms. The maximum atomic E-state index is 9.86. The van der Waals surface area contributed by atoms with Gasteiger partial charge in [0.05, 0.1) is 0 Å². The molecule has 1 unspecified atom stereocenters. The van der Waals surface area contributed by atoms with Crippen LogP contribution in [-0.2, 0) is 4.74 Å². The molecule has 1 aromatic rings. The summed E-state index contributed by atoms with van der Waals surface area (Å²) < 4.78 is 10.8. The number of nitrogens with one attached hydrogen (secondary N) is 1. The Morgan fingerprint density at radius 2 is 2.00 bits per heavy atom. The standard InChI is InChI=1S/C15H22ClNO3/c16-13-1-3-15(4-2-13)20-11-14(18)10-17-9-12-5-7-19-8-6-12/h1-4,12,14,17-18H,5-11H2. The highest BCUT2D eigenvalue weighted by Gasteiger charge is 2.14. The topological polar surface area (TPSA) is 50.7 Å². The van der Waals surface area contributed by atoms with Crippen LogP contribution in [0.25, 0.3) is 0 Å². The Labute approximate surface area is 125 Å². The fraction of sp³-hybridized carbons (Fsp3) is 0.600. The average Bonchev–Trinajstić information content (AvgIpc) is 2.48. The third-order valence-electron chi connectivity index (χ3n) is 3.41. The molecule has 2 rings (SSSR count). The molecule has 0 aromatic heterocycles. The van der Waals surface area contributed by atoms with Gasteiger partial charge in [-0.15, -0.1) is 0 Å². The molecule has 4 nitrogen and oxygen atoms in total. The summed E-state index contributed by atoms with van der Waals surface area (Å²) in [6, 6.07) is 7.13. The Morgan fingerprint density at radius 1 is 1.30 bits per heavy atom. The van der Waals surface area contributed by atoms with Gasteiger partial charge < -0.3 is 19.9 Å². The van der Waals surface area contributed by atoms with Crippen molar-refractivity contribution in [1.82, 2.24) is 5.32 Å². The van der Waals surface area contributed by atoms with E-state index in [2.05, 4.69) is 5.32 Å². The van der Waals surface area contributed by atoms with Gasteiger partial charge in [-0.3, -0.25) is 0 Å². The molecule has 5 heteroatoms. The molecule has 1 fully saturated rings. The highest BCUT2D eigenvalue weighted by Crippen LogP contribution is 2.15. The number of hydrogen-bond donors (Lipinski definition) is 2. The molecule has 1 saturated heterocycles. The van der Waals surface area contributed by atoms with Gasteiger partial charge in [0.2, 0.25) is 0 Å². The summed E-state index contributed by atoms with van der Waals surface area (Å²) in [6.07, 6.45) is 1.69. The molecule has 1 heterocycles. The maximum Gasteiger partial charge on any atom is 0.119 e. The first-order valence-corrected chi connectivity index (χ1v) is 7.47. The highest BCUT2D eigenvalue weighted by atomic mass is 35.5. The molecule has 0 amide bonds. The van der Waals surface area contributed by atoms with Crippen molar-refractivity contribution in [3.05, 3.63) is 29.3 Å². The zero-order valence-electron chi connectivity index (χ0n) is 11.6. The molecule has 1 aliphatic rings. The lowest BCUT2D eigenvalue weighted by molar-refractivity contribution is 0.0630. The lowest BCUT2D eigenvalue weighted by Gasteiger charge is -2.23. The molecule has 0 radical (unpaired) electrons. The van der Waals surface area contributed by atoms with Crippen molar-refractivity contribution in [2.45, 2.75) is 18.9 Å². The van der Waals surface area contributed by atoms with Crippen LogP contribution in [0, 0.1) is 5.92 Å². The highest BCUT2D eigenvalue weighted by molar-refractivity contribution is 6.30. The van der Waals surface area contributed by atoms with Crippen LogP contribution in [0.1, 0.15) is 12.8 Å². The third kappa shape index (κ3) is 5.67. The predicted molar refractivity (Wildman–Crippen MR) is 79.4 cm³/mol. The van der Waals surface area contributed by atoms with Crippen molar-refractivity contribution in [2.75, 3.05) is 32.9 Å². The number of halogens is 1. The first-order chi connectivity index (χ1) is 9.74. The second kappa shape index (κ2) is 8.47. The monoisotopic (exact) mass is 299 g/mol. The SMILES string of the molecule is OC(CNCC1CCOCC1)COc1ccc(Cl)cc1. The van der Waals surface area contributed by atoms with E-state index in [1.165, 1.54) is 0 Å². The zero-order chi connectivity index (χ0) is 14.2. The zero-order valence-corrected chi connectivity index (χ0v) is 12.3. The normalized spacial score (nSPS) is 17.9. The van der Waals surface area contributed by atoms with Gasteiger partial charge in [-0.25, -0.2) is 0 Å². The van der Waals surface area contributed by atoms with Crippen LogP contribution in [-0.4, -0.2) is 44.1 Å². The second-order valence-corrected chi connectivity index (χ2v) is 5.57. The molecule has 0 saturated carbocycles. The van der Waals surface area contributed by atoms with E-state index in [0.717, 1.165) is 38.3 Å². The molecule has 1 aromatic carbocycles. The van der Waals surface area contributed by atoms with Crippen molar-refractivity contribution >= 4 is 11.6 Å². The molecule has 0 aliphatic carbocycles. The van der Waals surface area contributed by atoms with Gasteiger partial charge in [-0.2, -0.15) is 0 Å². The van der Waals surface area contributed by atoms with E-state index in [1.54, 1.807) is 24.3 Å². The number of benzene rings is 1. The molecular weight excluding hydrogens is 278 g/mol. The molecule has 2 N–H and O–H groups in total. The van der Waals surface area contributed by atoms with Crippen LogP contribution in [0.5, 0.6) is 5.75 Å². The lowest BCUT2D eigenvalue weighted by atomic mass is 10.0. The van der Waals surface area contributed by atoms with Crippen LogP contribution >= 0.6 is 11.6 Å². The van der Waals surface area contributed by atoms with Crippen LogP contribution < -0.4 is 10.1 Å². The van der Waals surface area contributed by atoms with Gasteiger partial charge in [-0.05, 0) is 49.6 Å². The first-order valence-electron chi connectivity index (χ1n) is 7.09. The quantitative estimate of drug-likeness (QED) is 0.809. The van der Waals surface area contributed by atoms with E-state index in [1.807, 2.05) is 0 Å². The van der Waals surface area contributed by atoms with E-state index in [-0.39, 0.29) is 6.61 Å². The smallest absolute Gasteiger partial charge is 0.119 e. The molecule has 1 aliphatic heterocycles. The summed E-state index contributed by atoms with van der Waals surface area (Å²) in [6.45, 7) is 3.47. The van der Waals surface area contributed by atoms with Gasteiger partial charge in [-0.1, -0.05) is 11.6 Å². The summed E-state index contributed by atoms with van der Waals surface area (Å²) in [7, 11) is 0. The van der Waals surface area contributed by atoms with Crippen molar-refractivity contribution in [1.29, 1.82) is 0 Å². The van der Waals surface area contributed by atoms with E-state index < -0.39 is 6.10 Å². The maximum absolute atomic E-state index is 9.86. The minimum Gasteiger partial charge on any atom is -0.491 e. The predicted octanol–water partition coefficient (Wildman–Crippen LogP) is 2.10. The van der Waals surface area contributed by atoms with Crippen molar-refractivity contribution in [3.8, 4) is 5.75 Å². The van der Waals surface area contributed by atoms with E-state index in [0.29, 0.717) is 17.5 Å². The number of aliphatic hydroxyl groups excluding tert-OH is 1. The largest absolute Gasteiger partial charge is 0.491 e. The number of ether oxygens (including phenoxy) is 2. The summed E-state index contributed by atoms with van der Waals surface area (Å²) >= 11 is 5.79. The second-order valence-electron chi connectivity index (χ2n) is 5.13. The summed E-state index contributed by atoms with van der Waals surface area (Å²) in [5.74, 6) is 1.38. The minimum atomic E-state index is -0.509. The van der Waals surface area contributed by atoms with Crippen LogP contribution in [0.15, 0.2) is 24.3 Å². The van der Waals surface area contributed by atoms with Crippen LogP contribution in [0.3, 0.4) is 0 Å². The van der Waals surface area contributed by atoms with Gasteiger partial charge in [0, 0.05) is 24.8 Å². The Morgan fingerprint density at radius 3 is 2.70 bits per heavy atom. The molecular formula is C15H22ClNO3. The lowest BCUT2D eigenvalue weighted by Crippen LogP contribution is -2.35. The molecule has 0 bridgehead atoms. The Kier molecular flexibility index (Phi) is 6.60. The molecule has 112 valence electrons. The number of rotatable bonds is 7. The minimum absolute atomic E-state index is 0.280. The average molecular weight is 300 g/mol. The van der Waals surface area contributed by atoms with E-state index >= 15 is 0 Å². The van der Waals surface area contributed by atoms with Gasteiger partial charge in [0.15, 0.2) is 0 Å². The fourth-order valence-corrected chi connectivity index (χ4v) is 2.31. The molecule has 1 atom stereocenters. The molecule has 0 spiro atoms. The summed E-state index contributed by atoms with van der Waals surface area (Å²) in [4.78, 5) is 0. The van der Waals surface area contributed by atoms with Gasteiger partial charge in [0.25, 0.3) is 0 Å². The summed E-state index contributed by atoms with van der Waals surface area (Å²) in [5, 5.41) is 13.8. The Balaban J connectivity index is 1.57. The number of hydrogen-bond acceptors (Lipinski definition) is 4. The van der Waals surface area contributed by atoms with E-state index in [9.17, 15) is 5.11 Å². The van der Waals surface area contributed by atoms with Crippen molar-refractivity contribution in [3.63, 3.8) is 0 Å². The number of aliphatic hydroxyl groups is 1. The fourth-order valence-electron chi connectivity index (χ4n) is 2.19. The van der Waals surface area contributed by atoms with Crippen molar-refractivity contribution in [2.24, 2.45) is 5.92 Å². The van der Waals surface area contributed by atoms with Crippen LogP contribution in [0.2, 0.25) is 5.02 Å². The van der Waals surface area contributed by atoms with E-state index in [4.69, 9.17) is 21.1 Å². The first kappa shape index (κ1) is 15.6. The van der Waals surface area contributed by atoms with Gasteiger partial charge in [0.1, 0.15) is 18.5 Å². The Bertz CT molecular complexity index is 379. The van der Waals surface area contributed by atoms with Crippen LogP contribution in [0.4, 0.5) is 0 Å². The van der Waals surface area contributed by atoms with Crippen molar-refractivity contribution < 1.29 is 14.6 Å². The third-order valence-corrected chi connectivity index (χ3v) is 3.66. The summed E-state index contributed by atoms with van der Waals surface area (Å²) in [5.41, 5.74) is 0.